The van der Waals surface area contributed by atoms with E-state index >= 15 is 0 Å². The van der Waals surface area contributed by atoms with Gasteiger partial charge in [-0.15, -0.1) is 0 Å². The normalized spacial score (nSPS) is 9.94. The van der Waals surface area contributed by atoms with Crippen molar-refractivity contribution in [3.8, 4) is 5.75 Å². The van der Waals surface area contributed by atoms with Crippen LogP contribution in [0, 0.1) is 5.82 Å². The fourth-order valence-corrected chi connectivity index (χ4v) is 1.20. The first kappa shape index (κ1) is 12.4. The van der Waals surface area contributed by atoms with Crippen LogP contribution < -0.4 is 15.4 Å². The van der Waals surface area contributed by atoms with Crippen LogP contribution >= 0.6 is 0 Å². The van der Waals surface area contributed by atoms with Crippen molar-refractivity contribution >= 4 is 11.6 Å². The van der Waals surface area contributed by atoms with Gasteiger partial charge in [0.25, 0.3) is 0 Å². The molecule has 1 aromatic rings. The molecule has 0 aromatic heterocycles. The van der Waals surface area contributed by atoms with Crippen molar-refractivity contribution in [2.24, 2.45) is 0 Å². The van der Waals surface area contributed by atoms with Crippen molar-refractivity contribution in [2.45, 2.75) is 6.42 Å². The smallest absolute Gasteiger partial charge is 0.225 e. The van der Waals surface area contributed by atoms with E-state index in [0.29, 0.717) is 18.7 Å². The number of hydrogen-bond acceptors (Lipinski definition) is 3. The molecule has 0 fully saturated rings. The Morgan fingerprint density at radius 3 is 2.88 bits per heavy atom. The molecule has 0 saturated heterocycles. The third-order valence-electron chi connectivity index (χ3n) is 2.04. The summed E-state index contributed by atoms with van der Waals surface area (Å²) in [6, 6.07) is 4.20. The van der Waals surface area contributed by atoms with Gasteiger partial charge in [-0.1, -0.05) is 0 Å². The first-order valence-electron chi connectivity index (χ1n) is 4.95. The number of benzene rings is 1. The van der Waals surface area contributed by atoms with Crippen molar-refractivity contribution in [2.75, 3.05) is 26.0 Å². The molecule has 88 valence electrons. The number of carbonyl (C=O) groups excluding carboxylic acids is 1. The Morgan fingerprint density at radius 2 is 2.25 bits per heavy atom. The van der Waals surface area contributed by atoms with E-state index in [9.17, 15) is 9.18 Å². The third kappa shape index (κ3) is 3.51. The molecule has 5 heteroatoms. The largest absolute Gasteiger partial charge is 0.494 e. The van der Waals surface area contributed by atoms with E-state index in [1.807, 2.05) is 0 Å². The zero-order valence-electron chi connectivity index (χ0n) is 9.34. The molecule has 4 nitrogen and oxygen atoms in total. The van der Waals surface area contributed by atoms with Crippen LogP contribution in [0.1, 0.15) is 6.42 Å². The van der Waals surface area contributed by atoms with Gasteiger partial charge < -0.3 is 15.4 Å². The Kier molecular flexibility index (Phi) is 4.72. The van der Waals surface area contributed by atoms with Gasteiger partial charge in [-0.3, -0.25) is 4.79 Å². The summed E-state index contributed by atoms with van der Waals surface area (Å²) in [6.07, 6.45) is 0.371. The molecule has 1 aromatic carbocycles. The van der Waals surface area contributed by atoms with Crippen molar-refractivity contribution in [3.63, 3.8) is 0 Å². The lowest BCUT2D eigenvalue weighted by molar-refractivity contribution is -0.116. The van der Waals surface area contributed by atoms with Crippen molar-refractivity contribution in [3.05, 3.63) is 24.0 Å². The van der Waals surface area contributed by atoms with Gasteiger partial charge in [0.1, 0.15) is 0 Å². The predicted octanol–water partition coefficient (Wildman–Crippen LogP) is 1.38. The highest BCUT2D eigenvalue weighted by atomic mass is 19.1. The molecule has 0 heterocycles. The van der Waals surface area contributed by atoms with E-state index in [-0.39, 0.29) is 11.7 Å². The summed E-state index contributed by atoms with van der Waals surface area (Å²) in [5.41, 5.74) is 0.527. The molecule has 0 spiro atoms. The van der Waals surface area contributed by atoms with Gasteiger partial charge in [0.05, 0.1) is 7.11 Å². The van der Waals surface area contributed by atoms with E-state index in [1.165, 1.54) is 25.3 Å². The van der Waals surface area contributed by atoms with Crippen LogP contribution in [0.15, 0.2) is 18.2 Å². The van der Waals surface area contributed by atoms with Gasteiger partial charge in [-0.25, -0.2) is 4.39 Å². The monoisotopic (exact) mass is 226 g/mol. The van der Waals surface area contributed by atoms with Crippen LogP contribution in [0.3, 0.4) is 0 Å². The molecule has 0 atom stereocenters. The molecule has 1 rings (SSSR count). The van der Waals surface area contributed by atoms with E-state index in [2.05, 4.69) is 10.6 Å². The Labute approximate surface area is 93.8 Å². The highest BCUT2D eigenvalue weighted by Crippen LogP contribution is 2.21. The molecular formula is C11H15FN2O2. The lowest BCUT2D eigenvalue weighted by Crippen LogP contribution is -2.18. The van der Waals surface area contributed by atoms with Gasteiger partial charge in [-0.2, -0.15) is 0 Å². The molecule has 0 aliphatic heterocycles. The zero-order valence-corrected chi connectivity index (χ0v) is 9.34. The molecule has 0 unspecified atom stereocenters. The van der Waals surface area contributed by atoms with Crippen LogP contribution in [0.5, 0.6) is 5.75 Å². The van der Waals surface area contributed by atoms with E-state index in [1.54, 1.807) is 7.05 Å². The third-order valence-corrected chi connectivity index (χ3v) is 2.04. The number of methoxy groups -OCH3 is 1. The second-order valence-corrected chi connectivity index (χ2v) is 3.25. The molecule has 2 N–H and O–H groups in total. The van der Waals surface area contributed by atoms with Crippen LogP contribution in [0.2, 0.25) is 0 Å². The highest BCUT2D eigenvalue weighted by Gasteiger charge is 2.06. The maximum Gasteiger partial charge on any atom is 0.225 e. The van der Waals surface area contributed by atoms with Gasteiger partial charge in [0.2, 0.25) is 5.91 Å². The first-order valence-corrected chi connectivity index (χ1v) is 4.95. The number of hydrogen-bond donors (Lipinski definition) is 2. The second-order valence-electron chi connectivity index (χ2n) is 3.25. The first-order chi connectivity index (χ1) is 7.67. The van der Waals surface area contributed by atoms with Crippen molar-refractivity contribution in [1.29, 1.82) is 0 Å². The number of anilines is 1. The highest BCUT2D eigenvalue weighted by molar-refractivity contribution is 5.91. The Hall–Kier alpha value is -1.62. The molecule has 1 amide bonds. The standard InChI is InChI=1S/C11H15FN2O2/c1-13-6-5-11(15)14-8-3-4-9(12)10(7-8)16-2/h3-4,7,13H,5-6H2,1-2H3,(H,14,15). The minimum absolute atomic E-state index is 0.117. The second kappa shape index (κ2) is 6.07. The number of nitrogens with one attached hydrogen (secondary N) is 2. The lowest BCUT2D eigenvalue weighted by Gasteiger charge is -2.07. The summed E-state index contributed by atoms with van der Waals surface area (Å²) in [4.78, 5) is 11.4. The topological polar surface area (TPSA) is 50.4 Å². The average molecular weight is 226 g/mol. The van der Waals surface area contributed by atoms with Gasteiger partial charge in [-0.05, 0) is 19.2 Å². The fraction of sp³-hybridized carbons (Fsp3) is 0.364. The molecular weight excluding hydrogens is 211 g/mol. The summed E-state index contributed by atoms with van der Waals surface area (Å²) in [6.45, 7) is 0.601. The van der Waals surface area contributed by atoms with Crippen molar-refractivity contribution in [1.82, 2.24) is 5.32 Å². The Balaban J connectivity index is 2.63. The number of carbonyl (C=O) groups is 1. The van der Waals surface area contributed by atoms with Crippen LogP contribution in [0.25, 0.3) is 0 Å². The summed E-state index contributed by atoms with van der Waals surface area (Å²) in [7, 11) is 3.15. The zero-order chi connectivity index (χ0) is 12.0. The van der Waals surface area contributed by atoms with Crippen LogP contribution in [0.4, 0.5) is 10.1 Å². The lowest BCUT2D eigenvalue weighted by atomic mass is 10.2. The molecule has 16 heavy (non-hydrogen) atoms. The minimum Gasteiger partial charge on any atom is -0.494 e. The van der Waals surface area contributed by atoms with Gasteiger partial charge in [0.15, 0.2) is 11.6 Å². The summed E-state index contributed by atoms with van der Waals surface area (Å²) < 4.78 is 17.9. The summed E-state index contributed by atoms with van der Waals surface area (Å²) >= 11 is 0. The Bertz CT molecular complexity index is 369. The Morgan fingerprint density at radius 1 is 1.50 bits per heavy atom. The molecule has 0 saturated carbocycles. The van der Waals surface area contributed by atoms with E-state index < -0.39 is 5.82 Å². The van der Waals surface area contributed by atoms with E-state index in [0.717, 1.165) is 0 Å². The maximum absolute atomic E-state index is 13.1. The molecule has 0 aliphatic carbocycles. The SMILES string of the molecule is CNCCC(=O)Nc1ccc(F)c(OC)c1. The molecule has 0 bridgehead atoms. The van der Waals surface area contributed by atoms with Crippen LogP contribution in [-0.4, -0.2) is 26.6 Å². The summed E-state index contributed by atoms with van der Waals surface area (Å²) in [5, 5.41) is 5.52. The number of halogens is 1. The molecule has 0 radical (unpaired) electrons. The quantitative estimate of drug-likeness (QED) is 0.797. The number of rotatable bonds is 5. The summed E-state index contributed by atoms with van der Waals surface area (Å²) in [5.74, 6) is -0.454. The fourth-order valence-electron chi connectivity index (χ4n) is 1.20. The molecule has 0 aliphatic rings. The van der Waals surface area contributed by atoms with Crippen LogP contribution in [-0.2, 0) is 4.79 Å². The van der Waals surface area contributed by atoms with E-state index in [4.69, 9.17) is 4.74 Å². The average Bonchev–Trinajstić information content (AvgIpc) is 2.29. The number of amides is 1. The maximum atomic E-state index is 13.1. The minimum atomic E-state index is -0.448. The van der Waals surface area contributed by atoms with Gasteiger partial charge >= 0.3 is 0 Å². The predicted molar refractivity (Wildman–Crippen MR) is 60.1 cm³/mol. The van der Waals surface area contributed by atoms with Crippen molar-refractivity contribution < 1.29 is 13.9 Å². The van der Waals surface area contributed by atoms with Gasteiger partial charge in [0, 0.05) is 24.7 Å². The number of ether oxygens (including phenoxy) is 1.